The number of nitrogens with one attached hydrogen (secondary N) is 1. The summed E-state index contributed by atoms with van der Waals surface area (Å²) in [6.45, 7) is 0. The van der Waals surface area contributed by atoms with Gasteiger partial charge >= 0.3 is 5.97 Å². The van der Waals surface area contributed by atoms with Crippen molar-refractivity contribution in [1.29, 1.82) is 0 Å². The summed E-state index contributed by atoms with van der Waals surface area (Å²) in [7, 11) is 2.71. The fraction of sp³-hybridized carbons (Fsp3) is 0.167. The lowest BCUT2D eigenvalue weighted by Gasteiger charge is -2.06. The number of hydrogen-bond acceptors (Lipinski definition) is 7. The summed E-state index contributed by atoms with van der Waals surface area (Å²) in [6.07, 6.45) is 0. The lowest BCUT2D eigenvalue weighted by Crippen LogP contribution is -2.13. The van der Waals surface area contributed by atoms with Gasteiger partial charge in [-0.25, -0.2) is 4.79 Å². The van der Waals surface area contributed by atoms with Crippen LogP contribution in [0.2, 0.25) is 0 Å². The molecule has 0 aliphatic rings. The molecule has 1 aromatic heterocycles. The van der Waals surface area contributed by atoms with Crippen LogP contribution in [0.5, 0.6) is 5.75 Å². The van der Waals surface area contributed by atoms with Crippen LogP contribution in [-0.2, 0) is 4.74 Å². The lowest BCUT2D eigenvalue weighted by atomic mass is 10.2. The SMILES string of the molecule is COC(=O)c1nsc(NC(=O)c2ccccc2OC)n1. The molecule has 8 heteroatoms. The number of aromatic nitrogens is 2. The molecule has 2 rings (SSSR count). The molecular formula is C12H11N3O4S. The van der Waals surface area contributed by atoms with Gasteiger partial charge in [0.05, 0.1) is 19.8 Å². The molecule has 0 fully saturated rings. The number of hydrogen-bond donors (Lipinski definition) is 1. The second-order valence-electron chi connectivity index (χ2n) is 3.57. The molecule has 0 atom stereocenters. The van der Waals surface area contributed by atoms with Crippen LogP contribution in [0.25, 0.3) is 0 Å². The third-order valence-corrected chi connectivity index (χ3v) is 3.00. The highest BCUT2D eigenvalue weighted by Gasteiger charge is 2.16. The van der Waals surface area contributed by atoms with E-state index in [4.69, 9.17) is 4.74 Å². The van der Waals surface area contributed by atoms with Crippen LogP contribution in [0.1, 0.15) is 21.0 Å². The van der Waals surface area contributed by atoms with E-state index in [1.165, 1.54) is 14.2 Å². The quantitative estimate of drug-likeness (QED) is 0.861. The molecule has 1 amide bonds. The summed E-state index contributed by atoms with van der Waals surface area (Å²) in [6, 6.07) is 6.78. The summed E-state index contributed by atoms with van der Waals surface area (Å²) in [5.74, 6) is -0.690. The van der Waals surface area contributed by atoms with Crippen molar-refractivity contribution in [3.8, 4) is 5.75 Å². The number of amides is 1. The Kier molecular flexibility index (Phi) is 4.26. The monoisotopic (exact) mass is 293 g/mol. The van der Waals surface area contributed by atoms with Gasteiger partial charge < -0.3 is 9.47 Å². The Bertz CT molecular complexity index is 641. The molecule has 2 aromatic rings. The molecule has 104 valence electrons. The molecule has 0 spiro atoms. The predicted molar refractivity (Wildman–Crippen MR) is 72.2 cm³/mol. The smallest absolute Gasteiger partial charge is 0.377 e. The van der Waals surface area contributed by atoms with Gasteiger partial charge in [0.2, 0.25) is 5.13 Å². The summed E-state index contributed by atoms with van der Waals surface area (Å²) in [5.41, 5.74) is 0.366. The Labute approximate surface area is 118 Å². The first-order chi connectivity index (χ1) is 9.65. The second kappa shape index (κ2) is 6.11. The predicted octanol–water partition coefficient (Wildman–Crippen LogP) is 1.59. The van der Waals surface area contributed by atoms with Gasteiger partial charge in [-0.1, -0.05) is 12.1 Å². The van der Waals surface area contributed by atoms with Crippen LogP contribution in [0.3, 0.4) is 0 Å². The summed E-state index contributed by atoms with van der Waals surface area (Å²) in [4.78, 5) is 27.1. The van der Waals surface area contributed by atoms with Gasteiger partial charge in [-0.3, -0.25) is 10.1 Å². The Morgan fingerprint density at radius 2 is 2.00 bits per heavy atom. The van der Waals surface area contributed by atoms with Gasteiger partial charge in [0, 0.05) is 11.5 Å². The minimum Gasteiger partial charge on any atom is -0.496 e. The average molecular weight is 293 g/mol. The van der Waals surface area contributed by atoms with E-state index < -0.39 is 11.9 Å². The van der Waals surface area contributed by atoms with E-state index in [1.54, 1.807) is 24.3 Å². The molecular weight excluding hydrogens is 282 g/mol. The van der Waals surface area contributed by atoms with Crippen molar-refractivity contribution < 1.29 is 19.1 Å². The summed E-state index contributed by atoms with van der Waals surface area (Å²) >= 11 is 0.895. The number of ether oxygens (including phenoxy) is 2. The van der Waals surface area contributed by atoms with Crippen molar-refractivity contribution in [1.82, 2.24) is 9.36 Å². The molecule has 0 saturated carbocycles. The molecule has 20 heavy (non-hydrogen) atoms. The van der Waals surface area contributed by atoms with Crippen LogP contribution in [0.15, 0.2) is 24.3 Å². The molecule has 1 aromatic carbocycles. The Balaban J connectivity index is 2.15. The average Bonchev–Trinajstić information content (AvgIpc) is 2.94. The highest BCUT2D eigenvalue weighted by molar-refractivity contribution is 7.10. The first-order valence-electron chi connectivity index (χ1n) is 5.52. The molecule has 0 aliphatic carbocycles. The number of para-hydroxylation sites is 1. The maximum absolute atomic E-state index is 12.1. The van der Waals surface area contributed by atoms with Gasteiger partial charge in [0.25, 0.3) is 11.7 Å². The van der Waals surface area contributed by atoms with E-state index in [0.29, 0.717) is 11.3 Å². The van der Waals surface area contributed by atoms with Crippen LogP contribution in [0.4, 0.5) is 5.13 Å². The Hall–Kier alpha value is -2.48. The van der Waals surface area contributed by atoms with Crippen molar-refractivity contribution >= 4 is 28.5 Å². The van der Waals surface area contributed by atoms with Crippen LogP contribution < -0.4 is 10.1 Å². The first kappa shape index (κ1) is 13.9. The third-order valence-electron chi connectivity index (χ3n) is 2.37. The number of esters is 1. The number of anilines is 1. The normalized spacial score (nSPS) is 9.90. The number of methoxy groups -OCH3 is 2. The van der Waals surface area contributed by atoms with Crippen molar-refractivity contribution in [2.24, 2.45) is 0 Å². The van der Waals surface area contributed by atoms with E-state index in [1.807, 2.05) is 0 Å². The van der Waals surface area contributed by atoms with Crippen molar-refractivity contribution in [2.75, 3.05) is 19.5 Å². The first-order valence-corrected chi connectivity index (χ1v) is 6.29. The van der Waals surface area contributed by atoms with Crippen molar-refractivity contribution in [2.45, 2.75) is 0 Å². The van der Waals surface area contributed by atoms with E-state index >= 15 is 0 Å². The largest absolute Gasteiger partial charge is 0.496 e. The zero-order valence-electron chi connectivity index (χ0n) is 10.7. The molecule has 0 radical (unpaired) electrons. The highest BCUT2D eigenvalue weighted by Crippen LogP contribution is 2.20. The minimum atomic E-state index is -0.654. The van der Waals surface area contributed by atoms with Crippen molar-refractivity contribution in [3.63, 3.8) is 0 Å². The molecule has 0 unspecified atom stereocenters. The third kappa shape index (κ3) is 2.91. The molecule has 0 saturated heterocycles. The molecule has 7 nitrogen and oxygen atoms in total. The topological polar surface area (TPSA) is 90.4 Å². The van der Waals surface area contributed by atoms with Gasteiger partial charge in [-0.15, -0.1) is 0 Å². The Morgan fingerprint density at radius 3 is 2.70 bits per heavy atom. The summed E-state index contributed by atoms with van der Waals surface area (Å²) in [5, 5.41) is 2.76. The van der Waals surface area contributed by atoms with Crippen LogP contribution in [0, 0.1) is 0 Å². The number of rotatable bonds is 4. The van der Waals surface area contributed by atoms with Gasteiger partial charge in [0.15, 0.2) is 0 Å². The zero-order chi connectivity index (χ0) is 14.5. The van der Waals surface area contributed by atoms with Gasteiger partial charge in [-0.2, -0.15) is 9.36 Å². The number of carbonyl (C=O) groups is 2. The lowest BCUT2D eigenvalue weighted by molar-refractivity contribution is 0.0588. The fourth-order valence-electron chi connectivity index (χ4n) is 1.45. The minimum absolute atomic E-state index is 0.0900. The zero-order valence-corrected chi connectivity index (χ0v) is 11.6. The molecule has 0 aliphatic heterocycles. The van der Waals surface area contributed by atoms with E-state index in [-0.39, 0.29) is 11.0 Å². The van der Waals surface area contributed by atoms with E-state index in [2.05, 4.69) is 19.4 Å². The van der Waals surface area contributed by atoms with Gasteiger partial charge in [-0.05, 0) is 12.1 Å². The van der Waals surface area contributed by atoms with Crippen molar-refractivity contribution in [3.05, 3.63) is 35.7 Å². The number of carbonyl (C=O) groups excluding carboxylic acids is 2. The maximum atomic E-state index is 12.1. The second-order valence-corrected chi connectivity index (χ2v) is 4.32. The number of nitrogens with zero attached hydrogens (tertiary/aromatic N) is 2. The molecule has 1 heterocycles. The summed E-state index contributed by atoms with van der Waals surface area (Å²) < 4.78 is 13.4. The fourth-order valence-corrected chi connectivity index (χ4v) is 2.00. The maximum Gasteiger partial charge on any atom is 0.377 e. The molecule has 1 N–H and O–H groups in total. The number of benzene rings is 1. The van der Waals surface area contributed by atoms with E-state index in [0.717, 1.165) is 11.5 Å². The standard InChI is InChI=1S/C12H11N3O4S/c1-18-8-6-4-3-5-7(8)10(16)14-12-13-9(15-20-12)11(17)19-2/h3-6H,1-2H3,(H,13,14,15,16). The Morgan fingerprint density at radius 1 is 1.25 bits per heavy atom. The van der Waals surface area contributed by atoms with Gasteiger partial charge in [0.1, 0.15) is 5.75 Å². The van der Waals surface area contributed by atoms with Crippen LogP contribution in [-0.4, -0.2) is 35.5 Å². The highest BCUT2D eigenvalue weighted by atomic mass is 32.1. The van der Waals surface area contributed by atoms with Crippen LogP contribution >= 0.6 is 11.5 Å². The van der Waals surface area contributed by atoms with E-state index in [9.17, 15) is 9.59 Å². The molecule has 0 bridgehead atoms.